The summed E-state index contributed by atoms with van der Waals surface area (Å²) < 4.78 is 11.1. The molecule has 0 aromatic carbocycles. The zero-order chi connectivity index (χ0) is 11.5. The monoisotopic (exact) mass is 224 g/mol. The van der Waals surface area contributed by atoms with Crippen molar-refractivity contribution in [1.29, 1.82) is 0 Å². The molecule has 4 heteroatoms. The molecule has 0 saturated carbocycles. The highest BCUT2D eigenvalue weighted by molar-refractivity contribution is 5.06. The normalized spacial score (nSPS) is 29.2. The predicted octanol–water partition coefficient (Wildman–Crippen LogP) is 1.39. The Kier molecular flexibility index (Phi) is 3.63. The van der Waals surface area contributed by atoms with Gasteiger partial charge in [-0.05, 0) is 26.0 Å². The molecule has 0 amide bonds. The molecule has 0 bridgehead atoms. The lowest BCUT2D eigenvalue weighted by molar-refractivity contribution is -0.0681. The first kappa shape index (κ1) is 11.6. The molecular weight excluding hydrogens is 204 g/mol. The van der Waals surface area contributed by atoms with Crippen molar-refractivity contribution in [2.24, 2.45) is 5.73 Å². The largest absolute Gasteiger partial charge is 0.468 e. The summed E-state index contributed by atoms with van der Waals surface area (Å²) in [4.78, 5) is 2.37. The van der Waals surface area contributed by atoms with Crippen LogP contribution in [0.1, 0.15) is 25.6 Å². The van der Waals surface area contributed by atoms with Gasteiger partial charge in [0.15, 0.2) is 0 Å². The molecule has 2 heterocycles. The number of morpholine rings is 1. The van der Waals surface area contributed by atoms with Gasteiger partial charge in [-0.15, -0.1) is 0 Å². The number of furan rings is 1. The molecule has 0 spiro atoms. The van der Waals surface area contributed by atoms with E-state index in [1.54, 1.807) is 6.26 Å². The van der Waals surface area contributed by atoms with Crippen LogP contribution in [0.15, 0.2) is 22.8 Å². The molecule has 0 aliphatic carbocycles. The fourth-order valence-corrected chi connectivity index (χ4v) is 2.26. The van der Waals surface area contributed by atoms with Crippen molar-refractivity contribution in [2.45, 2.75) is 32.0 Å². The second kappa shape index (κ2) is 4.99. The lowest BCUT2D eigenvalue weighted by Gasteiger charge is -2.40. The van der Waals surface area contributed by atoms with Crippen LogP contribution in [0.2, 0.25) is 0 Å². The van der Waals surface area contributed by atoms with E-state index in [9.17, 15) is 0 Å². The molecule has 1 aliphatic rings. The minimum Gasteiger partial charge on any atom is -0.468 e. The second-order valence-electron chi connectivity index (χ2n) is 4.46. The van der Waals surface area contributed by atoms with Crippen LogP contribution in [-0.2, 0) is 4.74 Å². The summed E-state index contributed by atoms with van der Waals surface area (Å²) >= 11 is 0. The first-order valence-electron chi connectivity index (χ1n) is 5.83. The third-order valence-corrected chi connectivity index (χ3v) is 3.15. The Balaban J connectivity index is 2.13. The van der Waals surface area contributed by atoms with Crippen molar-refractivity contribution >= 4 is 0 Å². The lowest BCUT2D eigenvalue weighted by atomic mass is 10.1. The molecule has 2 rings (SSSR count). The van der Waals surface area contributed by atoms with Gasteiger partial charge in [-0.2, -0.15) is 0 Å². The number of hydrogen-bond acceptors (Lipinski definition) is 4. The Morgan fingerprint density at radius 2 is 2.38 bits per heavy atom. The Labute approximate surface area is 96.4 Å². The molecule has 4 nitrogen and oxygen atoms in total. The Bertz CT molecular complexity index is 313. The summed E-state index contributed by atoms with van der Waals surface area (Å²) in [6.45, 7) is 6.50. The van der Waals surface area contributed by atoms with E-state index in [2.05, 4.69) is 18.7 Å². The highest BCUT2D eigenvalue weighted by atomic mass is 16.5. The van der Waals surface area contributed by atoms with E-state index >= 15 is 0 Å². The molecule has 1 aliphatic heterocycles. The fraction of sp³-hybridized carbons (Fsp3) is 0.667. The van der Waals surface area contributed by atoms with Gasteiger partial charge in [-0.3, -0.25) is 4.90 Å². The Morgan fingerprint density at radius 1 is 1.56 bits per heavy atom. The summed E-state index contributed by atoms with van der Waals surface area (Å²) in [6, 6.07) is 4.45. The van der Waals surface area contributed by atoms with Crippen LogP contribution in [0.3, 0.4) is 0 Å². The van der Waals surface area contributed by atoms with Crippen molar-refractivity contribution < 1.29 is 9.15 Å². The van der Waals surface area contributed by atoms with E-state index < -0.39 is 0 Å². The number of hydrogen-bond donors (Lipinski definition) is 1. The molecule has 90 valence electrons. The van der Waals surface area contributed by atoms with Crippen LogP contribution >= 0.6 is 0 Å². The van der Waals surface area contributed by atoms with Crippen molar-refractivity contribution in [3.8, 4) is 0 Å². The highest BCUT2D eigenvalue weighted by Crippen LogP contribution is 2.25. The van der Waals surface area contributed by atoms with Gasteiger partial charge < -0.3 is 14.9 Å². The van der Waals surface area contributed by atoms with E-state index in [0.717, 1.165) is 18.9 Å². The van der Waals surface area contributed by atoms with Crippen LogP contribution in [-0.4, -0.2) is 36.7 Å². The predicted molar refractivity (Wildman–Crippen MR) is 62.1 cm³/mol. The van der Waals surface area contributed by atoms with E-state index in [1.807, 2.05) is 12.1 Å². The quantitative estimate of drug-likeness (QED) is 0.843. The first-order chi connectivity index (χ1) is 7.72. The van der Waals surface area contributed by atoms with Crippen molar-refractivity contribution in [3.63, 3.8) is 0 Å². The maximum atomic E-state index is 5.86. The summed E-state index contributed by atoms with van der Waals surface area (Å²) in [5, 5.41) is 0. The Morgan fingerprint density at radius 3 is 3.00 bits per heavy atom. The summed E-state index contributed by atoms with van der Waals surface area (Å²) in [7, 11) is 0. The maximum Gasteiger partial charge on any atom is 0.122 e. The molecule has 1 aromatic rings. The van der Waals surface area contributed by atoms with Crippen LogP contribution in [0.5, 0.6) is 0 Å². The Hall–Kier alpha value is -0.840. The van der Waals surface area contributed by atoms with E-state index in [0.29, 0.717) is 12.6 Å². The first-order valence-corrected chi connectivity index (χ1v) is 5.83. The van der Waals surface area contributed by atoms with Gasteiger partial charge in [0, 0.05) is 19.1 Å². The molecule has 1 saturated heterocycles. The van der Waals surface area contributed by atoms with Gasteiger partial charge in [0.25, 0.3) is 0 Å². The number of ether oxygens (including phenoxy) is 1. The van der Waals surface area contributed by atoms with Crippen LogP contribution in [0, 0.1) is 0 Å². The van der Waals surface area contributed by atoms with Gasteiger partial charge >= 0.3 is 0 Å². The molecule has 3 atom stereocenters. The van der Waals surface area contributed by atoms with Crippen molar-refractivity contribution in [3.05, 3.63) is 24.2 Å². The second-order valence-corrected chi connectivity index (χ2v) is 4.46. The molecule has 1 aromatic heterocycles. The smallest absolute Gasteiger partial charge is 0.122 e. The van der Waals surface area contributed by atoms with Gasteiger partial charge in [-0.1, -0.05) is 0 Å². The molecule has 16 heavy (non-hydrogen) atoms. The van der Waals surface area contributed by atoms with Gasteiger partial charge in [0.1, 0.15) is 5.76 Å². The topological polar surface area (TPSA) is 51.6 Å². The molecule has 2 N–H and O–H groups in total. The van der Waals surface area contributed by atoms with Crippen LogP contribution < -0.4 is 5.73 Å². The summed E-state index contributed by atoms with van der Waals surface area (Å²) in [6.07, 6.45) is 1.97. The zero-order valence-electron chi connectivity index (χ0n) is 9.93. The fourth-order valence-electron chi connectivity index (χ4n) is 2.26. The highest BCUT2D eigenvalue weighted by Gasteiger charge is 2.30. The summed E-state index contributed by atoms with van der Waals surface area (Å²) in [5.41, 5.74) is 5.86. The average molecular weight is 224 g/mol. The number of rotatable bonds is 3. The van der Waals surface area contributed by atoms with Gasteiger partial charge in [-0.25, -0.2) is 0 Å². The molecule has 3 unspecified atom stereocenters. The molecule has 1 fully saturated rings. The lowest BCUT2D eigenvalue weighted by Crippen LogP contribution is -2.50. The van der Waals surface area contributed by atoms with E-state index in [4.69, 9.17) is 14.9 Å². The van der Waals surface area contributed by atoms with Crippen molar-refractivity contribution in [1.82, 2.24) is 4.90 Å². The van der Waals surface area contributed by atoms with Gasteiger partial charge in [0.2, 0.25) is 0 Å². The zero-order valence-corrected chi connectivity index (χ0v) is 9.93. The summed E-state index contributed by atoms with van der Waals surface area (Å²) in [5.74, 6) is 0.948. The number of nitrogens with zero attached hydrogens (tertiary/aromatic N) is 1. The van der Waals surface area contributed by atoms with Crippen molar-refractivity contribution in [2.75, 3.05) is 19.7 Å². The van der Waals surface area contributed by atoms with Gasteiger partial charge in [0.05, 0.1) is 25.0 Å². The third-order valence-electron chi connectivity index (χ3n) is 3.15. The SMILES string of the molecule is CC1CN(C(CN)c2ccco2)C(C)CO1. The maximum absolute atomic E-state index is 5.86. The molecule has 0 radical (unpaired) electrons. The van der Waals surface area contributed by atoms with Crippen LogP contribution in [0.4, 0.5) is 0 Å². The van der Waals surface area contributed by atoms with Crippen LogP contribution in [0.25, 0.3) is 0 Å². The average Bonchev–Trinajstić information content (AvgIpc) is 2.78. The third kappa shape index (κ3) is 2.29. The molecular formula is C12H20N2O2. The van der Waals surface area contributed by atoms with E-state index in [1.165, 1.54) is 0 Å². The standard InChI is InChI=1S/C12H20N2O2/c1-9-8-16-10(2)7-14(9)11(6-13)12-4-3-5-15-12/h3-5,9-11H,6-8,13H2,1-2H3. The minimum atomic E-state index is 0.163. The minimum absolute atomic E-state index is 0.163. The van der Waals surface area contributed by atoms with E-state index in [-0.39, 0.29) is 12.1 Å². The number of nitrogens with two attached hydrogens (primary N) is 1.